The van der Waals surface area contributed by atoms with Gasteiger partial charge in [0.25, 0.3) is 10.0 Å². The molecule has 1 heterocycles. The number of sulfonamides is 2. The van der Waals surface area contributed by atoms with E-state index in [1.807, 2.05) is 0 Å². The Kier molecular flexibility index (Phi) is 7.25. The molecule has 1 atom stereocenters. The Balaban J connectivity index is 1.90. The topological polar surface area (TPSA) is 74.8 Å². The van der Waals surface area contributed by atoms with Gasteiger partial charge >= 0.3 is 0 Å². The molecule has 1 aliphatic heterocycles. The van der Waals surface area contributed by atoms with Crippen molar-refractivity contribution in [2.75, 3.05) is 23.1 Å². The minimum atomic E-state index is -4.28. The third-order valence-corrected chi connectivity index (χ3v) is 9.30. The first-order valence-corrected chi connectivity index (χ1v) is 13.2. The summed E-state index contributed by atoms with van der Waals surface area (Å²) >= 11 is 5.84. The summed E-state index contributed by atoms with van der Waals surface area (Å²) in [6.07, 6.45) is 1.13. The second kappa shape index (κ2) is 9.40. The molecule has 2 aromatic rings. The smallest absolute Gasteiger partial charge is 0.260 e. The van der Waals surface area contributed by atoms with Gasteiger partial charge in [0.15, 0.2) is 0 Å². The van der Waals surface area contributed by atoms with Gasteiger partial charge in [0.1, 0.15) is 11.6 Å². The highest BCUT2D eigenvalue weighted by Gasteiger charge is 2.33. The minimum absolute atomic E-state index is 0.135. The van der Waals surface area contributed by atoms with Crippen LogP contribution in [0.5, 0.6) is 0 Å². The molecule has 6 nitrogen and oxygen atoms in total. The van der Waals surface area contributed by atoms with Crippen LogP contribution in [0.1, 0.15) is 26.2 Å². The average molecular weight is 493 g/mol. The molecule has 170 valence electrons. The van der Waals surface area contributed by atoms with Crippen LogP contribution in [0.25, 0.3) is 0 Å². The van der Waals surface area contributed by atoms with E-state index in [1.165, 1.54) is 35.5 Å². The number of halogens is 3. The predicted molar refractivity (Wildman–Crippen MR) is 116 cm³/mol. The summed E-state index contributed by atoms with van der Waals surface area (Å²) in [5, 5.41) is 0.326. The second-order valence-electron chi connectivity index (χ2n) is 7.41. The van der Waals surface area contributed by atoms with Gasteiger partial charge in [0.2, 0.25) is 10.0 Å². The van der Waals surface area contributed by atoms with Crippen LogP contribution < -0.4 is 4.31 Å². The molecule has 11 heteroatoms. The quantitative estimate of drug-likeness (QED) is 0.530. The second-order valence-corrected chi connectivity index (χ2v) is 11.8. The lowest BCUT2D eigenvalue weighted by atomic mass is 10.2. The van der Waals surface area contributed by atoms with Crippen LogP contribution >= 0.6 is 11.6 Å². The summed E-state index contributed by atoms with van der Waals surface area (Å²) in [6, 6.07) is 7.08. The Morgan fingerprint density at radius 2 is 1.71 bits per heavy atom. The summed E-state index contributed by atoms with van der Waals surface area (Å²) < 4.78 is 81.8. The van der Waals surface area contributed by atoms with Gasteiger partial charge in [-0.1, -0.05) is 11.6 Å². The highest BCUT2D eigenvalue weighted by Crippen LogP contribution is 2.31. The molecule has 31 heavy (non-hydrogen) atoms. The van der Waals surface area contributed by atoms with Crippen LogP contribution in [0, 0.1) is 11.6 Å². The molecule has 1 unspecified atom stereocenters. The molecule has 2 aromatic carbocycles. The molecular formula is C20H23ClF2N2O4S2. The van der Waals surface area contributed by atoms with Gasteiger partial charge in [0, 0.05) is 30.2 Å². The maximum absolute atomic E-state index is 14.6. The third-order valence-electron chi connectivity index (χ3n) is 5.15. The summed E-state index contributed by atoms with van der Waals surface area (Å²) in [6.45, 7) is 2.51. The zero-order valence-corrected chi connectivity index (χ0v) is 19.2. The van der Waals surface area contributed by atoms with E-state index >= 15 is 0 Å². The lowest BCUT2D eigenvalue weighted by molar-refractivity contribution is 0.309. The Morgan fingerprint density at radius 1 is 1.06 bits per heavy atom. The standard InChI is InChI=1S/C20H23ClF2N2O4S2/c1-15(4-2-13-30(26,27)24-11-3-12-24)25(20-14-17(22)7-10-19(20)23)31(28,29)18-8-5-16(21)6-9-18/h5-10,14-15H,2-4,11-13H2,1H3. The van der Waals surface area contributed by atoms with Gasteiger partial charge in [0.05, 0.1) is 16.3 Å². The van der Waals surface area contributed by atoms with E-state index in [0.717, 1.165) is 28.9 Å². The largest absolute Gasteiger partial charge is 0.264 e. The summed E-state index contributed by atoms with van der Waals surface area (Å²) in [4.78, 5) is -0.138. The molecule has 0 aromatic heterocycles. The molecule has 1 saturated heterocycles. The van der Waals surface area contributed by atoms with Gasteiger partial charge in [-0.2, -0.15) is 0 Å². The fraction of sp³-hybridized carbons (Fsp3) is 0.400. The predicted octanol–water partition coefficient (Wildman–Crippen LogP) is 4.02. The normalized spacial score (nSPS) is 16.0. The molecule has 0 amide bonds. The van der Waals surface area contributed by atoms with Crippen molar-refractivity contribution in [3.8, 4) is 0 Å². The number of anilines is 1. The molecule has 0 radical (unpaired) electrons. The number of nitrogens with zero attached hydrogens (tertiary/aromatic N) is 2. The number of hydrogen-bond acceptors (Lipinski definition) is 4. The fourth-order valence-corrected chi connectivity index (χ4v) is 6.77. The monoisotopic (exact) mass is 492 g/mol. The third kappa shape index (κ3) is 5.36. The molecule has 1 fully saturated rings. The van der Waals surface area contributed by atoms with Crippen LogP contribution in [0.4, 0.5) is 14.5 Å². The van der Waals surface area contributed by atoms with Gasteiger partial charge in [-0.15, -0.1) is 0 Å². The lowest BCUT2D eigenvalue weighted by Crippen LogP contribution is -2.43. The van der Waals surface area contributed by atoms with E-state index < -0.39 is 43.4 Å². The summed E-state index contributed by atoms with van der Waals surface area (Å²) in [5.74, 6) is -1.84. The molecular weight excluding hydrogens is 470 g/mol. The molecule has 0 bridgehead atoms. The van der Waals surface area contributed by atoms with E-state index in [9.17, 15) is 25.6 Å². The summed E-state index contributed by atoms with van der Waals surface area (Å²) in [5.41, 5.74) is -0.437. The Bertz CT molecular complexity index is 1140. The van der Waals surface area contributed by atoms with Crippen molar-refractivity contribution in [2.24, 2.45) is 0 Å². The first kappa shape index (κ1) is 23.9. The molecule has 0 aliphatic carbocycles. The van der Waals surface area contributed by atoms with E-state index in [-0.39, 0.29) is 23.5 Å². The van der Waals surface area contributed by atoms with Gasteiger partial charge in [-0.25, -0.2) is 29.9 Å². The molecule has 3 rings (SSSR count). The zero-order chi connectivity index (χ0) is 22.8. The Morgan fingerprint density at radius 3 is 2.29 bits per heavy atom. The van der Waals surface area contributed by atoms with Gasteiger partial charge in [-0.05, 0) is 62.6 Å². The van der Waals surface area contributed by atoms with Crippen molar-refractivity contribution in [1.82, 2.24) is 4.31 Å². The van der Waals surface area contributed by atoms with Crippen molar-refractivity contribution in [2.45, 2.75) is 37.1 Å². The first-order chi connectivity index (χ1) is 14.5. The number of hydrogen-bond donors (Lipinski definition) is 0. The van der Waals surface area contributed by atoms with Gasteiger partial charge in [-0.3, -0.25) is 4.31 Å². The van der Waals surface area contributed by atoms with Crippen molar-refractivity contribution >= 4 is 37.3 Å². The van der Waals surface area contributed by atoms with Crippen molar-refractivity contribution < 1.29 is 25.6 Å². The number of rotatable bonds is 9. The highest BCUT2D eigenvalue weighted by molar-refractivity contribution is 7.92. The maximum Gasteiger partial charge on any atom is 0.264 e. The van der Waals surface area contributed by atoms with Crippen LogP contribution in [0.3, 0.4) is 0 Å². The van der Waals surface area contributed by atoms with Crippen LogP contribution in [-0.4, -0.2) is 46.0 Å². The van der Waals surface area contributed by atoms with Crippen molar-refractivity contribution in [3.63, 3.8) is 0 Å². The minimum Gasteiger partial charge on any atom is -0.260 e. The van der Waals surface area contributed by atoms with E-state index in [4.69, 9.17) is 11.6 Å². The van der Waals surface area contributed by atoms with E-state index in [1.54, 1.807) is 0 Å². The van der Waals surface area contributed by atoms with E-state index in [2.05, 4.69) is 0 Å². The molecule has 1 aliphatic rings. The molecule has 0 saturated carbocycles. The SMILES string of the molecule is CC(CCCS(=O)(=O)N1CCC1)N(c1cc(F)ccc1F)S(=O)(=O)c1ccc(Cl)cc1. The van der Waals surface area contributed by atoms with Crippen LogP contribution in [-0.2, 0) is 20.0 Å². The van der Waals surface area contributed by atoms with Crippen LogP contribution in [0.15, 0.2) is 47.4 Å². The zero-order valence-electron chi connectivity index (χ0n) is 16.8. The summed E-state index contributed by atoms with van der Waals surface area (Å²) in [7, 11) is -7.68. The van der Waals surface area contributed by atoms with Crippen molar-refractivity contribution in [1.29, 1.82) is 0 Å². The lowest BCUT2D eigenvalue weighted by Gasteiger charge is -2.32. The Hall–Kier alpha value is -1.75. The number of benzene rings is 2. The first-order valence-electron chi connectivity index (χ1n) is 9.75. The van der Waals surface area contributed by atoms with Crippen molar-refractivity contribution in [3.05, 3.63) is 59.1 Å². The Labute approximate surface area is 186 Å². The van der Waals surface area contributed by atoms with Gasteiger partial charge < -0.3 is 0 Å². The van der Waals surface area contributed by atoms with E-state index in [0.29, 0.717) is 18.1 Å². The molecule has 0 spiro atoms. The average Bonchev–Trinajstić information content (AvgIpc) is 2.63. The molecule has 0 N–H and O–H groups in total. The fourth-order valence-electron chi connectivity index (χ4n) is 3.35. The highest BCUT2D eigenvalue weighted by atomic mass is 35.5. The maximum atomic E-state index is 14.6. The van der Waals surface area contributed by atoms with Crippen LogP contribution in [0.2, 0.25) is 5.02 Å².